The van der Waals surface area contributed by atoms with Crippen molar-refractivity contribution in [2.75, 3.05) is 7.11 Å². The zero-order valence-corrected chi connectivity index (χ0v) is 18.2. The van der Waals surface area contributed by atoms with Crippen molar-refractivity contribution in [1.82, 2.24) is 5.43 Å². The Morgan fingerprint density at radius 3 is 2.27 bits per heavy atom. The quantitative estimate of drug-likeness (QED) is 0.196. The predicted molar refractivity (Wildman–Crippen MR) is 128 cm³/mol. The number of hydrogen-bond donors (Lipinski definition) is 1. The van der Waals surface area contributed by atoms with E-state index in [1.165, 1.54) is 6.21 Å². The Balaban J connectivity index is 1.60. The van der Waals surface area contributed by atoms with Crippen molar-refractivity contribution < 1.29 is 19.1 Å². The van der Waals surface area contributed by atoms with Crippen LogP contribution in [0.15, 0.2) is 90.0 Å². The first-order chi connectivity index (χ1) is 16.0. The number of nitrogens with one attached hydrogen (secondary N) is 1. The average molecular weight is 438 g/mol. The van der Waals surface area contributed by atoms with E-state index in [1.807, 2.05) is 49.4 Å². The number of ether oxygens (including phenoxy) is 2. The third-order valence-corrected chi connectivity index (χ3v) is 5.13. The van der Waals surface area contributed by atoms with Crippen LogP contribution >= 0.6 is 0 Å². The van der Waals surface area contributed by atoms with Crippen molar-refractivity contribution in [1.29, 1.82) is 0 Å². The van der Waals surface area contributed by atoms with Crippen LogP contribution in [0.5, 0.6) is 11.5 Å². The first-order valence-electron chi connectivity index (χ1n) is 10.3. The summed E-state index contributed by atoms with van der Waals surface area (Å²) in [6.07, 6.45) is 1.49. The topological polar surface area (TPSA) is 77.0 Å². The molecule has 33 heavy (non-hydrogen) atoms. The van der Waals surface area contributed by atoms with Crippen molar-refractivity contribution >= 4 is 28.9 Å². The zero-order chi connectivity index (χ0) is 23.2. The van der Waals surface area contributed by atoms with Crippen LogP contribution in [0.3, 0.4) is 0 Å². The molecule has 0 saturated carbocycles. The average Bonchev–Trinajstić information content (AvgIpc) is 2.85. The highest BCUT2D eigenvalue weighted by Gasteiger charge is 2.14. The summed E-state index contributed by atoms with van der Waals surface area (Å²) in [5.74, 6) is 0.145. The van der Waals surface area contributed by atoms with Gasteiger partial charge in [0.25, 0.3) is 5.91 Å². The fourth-order valence-corrected chi connectivity index (χ4v) is 3.31. The molecule has 0 atom stereocenters. The second-order valence-corrected chi connectivity index (χ2v) is 7.38. The largest absolute Gasteiger partial charge is 0.497 e. The number of methoxy groups -OCH3 is 1. The highest BCUT2D eigenvalue weighted by molar-refractivity contribution is 6.04. The fourth-order valence-electron chi connectivity index (χ4n) is 3.31. The molecule has 4 aromatic carbocycles. The van der Waals surface area contributed by atoms with E-state index in [1.54, 1.807) is 49.6 Å². The molecule has 0 bridgehead atoms. The molecule has 1 N–H and O–H groups in total. The number of fused-ring (bicyclic) bond motifs is 1. The minimum Gasteiger partial charge on any atom is -0.497 e. The Morgan fingerprint density at radius 2 is 1.55 bits per heavy atom. The molecular formula is C27H22N2O4. The van der Waals surface area contributed by atoms with Gasteiger partial charge in [-0.05, 0) is 60.2 Å². The van der Waals surface area contributed by atoms with E-state index in [0.29, 0.717) is 28.2 Å². The smallest absolute Gasteiger partial charge is 0.343 e. The van der Waals surface area contributed by atoms with Crippen LogP contribution in [0.25, 0.3) is 10.8 Å². The summed E-state index contributed by atoms with van der Waals surface area (Å²) in [5.41, 5.74) is 5.07. The number of carbonyl (C=O) groups is 2. The molecule has 0 aliphatic carbocycles. The van der Waals surface area contributed by atoms with Crippen LogP contribution in [0.4, 0.5) is 0 Å². The summed E-state index contributed by atoms with van der Waals surface area (Å²) >= 11 is 0. The third kappa shape index (κ3) is 5.07. The highest BCUT2D eigenvalue weighted by atomic mass is 16.5. The van der Waals surface area contributed by atoms with E-state index >= 15 is 0 Å². The van der Waals surface area contributed by atoms with Crippen molar-refractivity contribution in [3.8, 4) is 11.5 Å². The van der Waals surface area contributed by atoms with Gasteiger partial charge in [-0.3, -0.25) is 4.79 Å². The lowest BCUT2D eigenvalue weighted by atomic mass is 10.0. The molecule has 0 aliphatic rings. The lowest BCUT2D eigenvalue weighted by Crippen LogP contribution is -2.17. The van der Waals surface area contributed by atoms with Crippen LogP contribution in [-0.2, 0) is 0 Å². The normalized spacial score (nSPS) is 10.8. The summed E-state index contributed by atoms with van der Waals surface area (Å²) in [6.45, 7) is 1.95. The van der Waals surface area contributed by atoms with Crippen LogP contribution in [0.1, 0.15) is 31.8 Å². The molecular weight excluding hydrogens is 416 g/mol. The SMILES string of the molecule is COc1ccc(C(=O)Oc2ccc3ccccc3c2/C=N\NC(=O)c2ccc(C)cc2)cc1. The van der Waals surface area contributed by atoms with Gasteiger partial charge in [0.15, 0.2) is 0 Å². The van der Waals surface area contributed by atoms with Crippen molar-refractivity contribution in [2.45, 2.75) is 6.92 Å². The van der Waals surface area contributed by atoms with E-state index in [-0.39, 0.29) is 5.91 Å². The fraction of sp³-hybridized carbons (Fsp3) is 0.0741. The predicted octanol–water partition coefficient (Wildman–Crippen LogP) is 5.14. The lowest BCUT2D eigenvalue weighted by Gasteiger charge is -2.11. The zero-order valence-electron chi connectivity index (χ0n) is 18.2. The maximum absolute atomic E-state index is 12.7. The maximum atomic E-state index is 12.7. The number of benzene rings is 4. The molecule has 1 amide bonds. The molecule has 4 aromatic rings. The van der Waals surface area contributed by atoms with Gasteiger partial charge in [0.05, 0.1) is 18.9 Å². The molecule has 6 heteroatoms. The Kier molecular flexibility index (Phi) is 6.45. The van der Waals surface area contributed by atoms with E-state index < -0.39 is 5.97 Å². The molecule has 0 fully saturated rings. The van der Waals surface area contributed by atoms with Crippen molar-refractivity contribution in [2.24, 2.45) is 5.10 Å². The molecule has 4 rings (SSSR count). The molecule has 0 saturated heterocycles. The molecule has 164 valence electrons. The van der Waals surface area contributed by atoms with Gasteiger partial charge in [0, 0.05) is 11.1 Å². The number of nitrogens with zero attached hydrogens (tertiary/aromatic N) is 1. The molecule has 6 nitrogen and oxygen atoms in total. The van der Waals surface area contributed by atoms with Crippen molar-refractivity contribution in [3.05, 3.63) is 107 Å². The second-order valence-electron chi connectivity index (χ2n) is 7.38. The monoisotopic (exact) mass is 438 g/mol. The third-order valence-electron chi connectivity index (χ3n) is 5.13. The van der Waals surface area contributed by atoms with E-state index in [2.05, 4.69) is 10.5 Å². The van der Waals surface area contributed by atoms with Crippen LogP contribution in [0.2, 0.25) is 0 Å². The molecule has 0 heterocycles. The summed E-state index contributed by atoms with van der Waals surface area (Å²) < 4.78 is 10.8. The summed E-state index contributed by atoms with van der Waals surface area (Å²) in [5, 5.41) is 5.91. The first kappa shape index (κ1) is 21.8. The number of carbonyl (C=O) groups excluding carboxylic acids is 2. The van der Waals surface area contributed by atoms with Gasteiger partial charge in [0.1, 0.15) is 11.5 Å². The summed E-state index contributed by atoms with van der Waals surface area (Å²) in [4.78, 5) is 25.1. The molecule has 0 radical (unpaired) electrons. The number of aryl methyl sites for hydroxylation is 1. The lowest BCUT2D eigenvalue weighted by molar-refractivity contribution is 0.0734. The highest BCUT2D eigenvalue weighted by Crippen LogP contribution is 2.27. The second kappa shape index (κ2) is 9.78. The van der Waals surface area contributed by atoms with E-state index in [9.17, 15) is 9.59 Å². The molecule has 0 spiro atoms. The van der Waals surface area contributed by atoms with Gasteiger partial charge < -0.3 is 9.47 Å². The van der Waals surface area contributed by atoms with Gasteiger partial charge in [-0.25, -0.2) is 10.2 Å². The maximum Gasteiger partial charge on any atom is 0.343 e. The standard InChI is InChI=1S/C27H22N2O4/c1-18-7-9-20(10-8-18)26(30)29-28-17-24-23-6-4-3-5-19(23)13-16-25(24)33-27(31)21-11-14-22(32-2)15-12-21/h3-17H,1-2H3,(H,29,30)/b28-17-. The van der Waals surface area contributed by atoms with Gasteiger partial charge >= 0.3 is 5.97 Å². The van der Waals surface area contributed by atoms with Gasteiger partial charge in [-0.15, -0.1) is 0 Å². The van der Waals surface area contributed by atoms with E-state index in [0.717, 1.165) is 16.3 Å². The summed E-state index contributed by atoms with van der Waals surface area (Å²) in [6, 6.07) is 25.1. The minimum atomic E-state index is -0.508. The summed E-state index contributed by atoms with van der Waals surface area (Å²) in [7, 11) is 1.56. The Morgan fingerprint density at radius 1 is 0.848 bits per heavy atom. The Labute approximate surface area is 191 Å². The molecule has 0 aliphatic heterocycles. The van der Waals surface area contributed by atoms with Gasteiger partial charge in [-0.1, -0.05) is 48.0 Å². The first-order valence-corrected chi connectivity index (χ1v) is 10.3. The van der Waals surface area contributed by atoms with Crippen LogP contribution in [-0.4, -0.2) is 25.2 Å². The minimum absolute atomic E-state index is 0.330. The van der Waals surface area contributed by atoms with Crippen molar-refractivity contribution in [3.63, 3.8) is 0 Å². The number of rotatable bonds is 6. The Hall–Kier alpha value is -4.45. The van der Waals surface area contributed by atoms with E-state index in [4.69, 9.17) is 9.47 Å². The Bertz CT molecular complexity index is 1330. The number of hydrazone groups is 1. The van der Waals surface area contributed by atoms with Gasteiger partial charge in [-0.2, -0.15) is 5.10 Å². The van der Waals surface area contributed by atoms with Gasteiger partial charge in [0.2, 0.25) is 0 Å². The number of esters is 1. The molecule has 0 aromatic heterocycles. The molecule has 0 unspecified atom stereocenters. The van der Waals surface area contributed by atoms with Crippen LogP contribution in [0, 0.1) is 6.92 Å². The number of amides is 1. The number of hydrogen-bond acceptors (Lipinski definition) is 5. The van der Waals surface area contributed by atoms with Crippen LogP contribution < -0.4 is 14.9 Å².